The third-order valence-corrected chi connectivity index (χ3v) is 4.87. The number of nitrogens with zero attached hydrogens (tertiary/aromatic N) is 2. The van der Waals surface area contributed by atoms with E-state index in [1.165, 1.54) is 55.6 Å². The molecule has 1 saturated heterocycles. The van der Waals surface area contributed by atoms with Crippen LogP contribution in [0.25, 0.3) is 0 Å². The monoisotopic (exact) mass is 472 g/mol. The van der Waals surface area contributed by atoms with E-state index in [4.69, 9.17) is 21.6 Å². The summed E-state index contributed by atoms with van der Waals surface area (Å²) in [6.45, 7) is 2.00. The fraction of sp³-hybridized carbons (Fsp3) is 0.217. The van der Waals surface area contributed by atoms with Gasteiger partial charge >= 0.3 is 6.18 Å². The van der Waals surface area contributed by atoms with Crippen LogP contribution in [0.1, 0.15) is 39.9 Å². The highest BCUT2D eigenvalue weighted by Crippen LogP contribution is 2.29. The number of nitrogen functional groups attached to an aromatic ring is 2. The number of nitrogens with one attached hydrogen (secondary N) is 2. The van der Waals surface area contributed by atoms with E-state index in [1.54, 1.807) is 0 Å². The molecule has 1 fully saturated rings. The van der Waals surface area contributed by atoms with E-state index in [0.29, 0.717) is 11.3 Å². The van der Waals surface area contributed by atoms with Gasteiger partial charge < -0.3 is 21.5 Å². The highest BCUT2D eigenvalue weighted by atomic mass is 19.4. The molecule has 34 heavy (non-hydrogen) atoms. The quantitative estimate of drug-likeness (QED) is 0.421. The van der Waals surface area contributed by atoms with Crippen LogP contribution in [0, 0.1) is 5.41 Å². The van der Waals surface area contributed by atoms with Crippen LogP contribution in [0.3, 0.4) is 0 Å². The van der Waals surface area contributed by atoms with Gasteiger partial charge in [0.2, 0.25) is 0 Å². The zero-order valence-electron chi connectivity index (χ0n) is 18.0. The number of amides is 1. The number of carbonyl (C=O) groups excluding carboxylic acids is 1. The van der Waals surface area contributed by atoms with Crippen molar-refractivity contribution >= 4 is 28.9 Å². The molecule has 0 unspecified atom stereocenters. The van der Waals surface area contributed by atoms with Crippen molar-refractivity contribution < 1.29 is 22.7 Å². The molecule has 1 aromatic heterocycles. The van der Waals surface area contributed by atoms with E-state index in [0.717, 1.165) is 25.3 Å². The summed E-state index contributed by atoms with van der Waals surface area (Å²) < 4.78 is 43.3. The first-order chi connectivity index (χ1) is 16.2. The molecule has 3 aromatic rings. The first-order valence-corrected chi connectivity index (χ1v) is 10.3. The molecule has 11 heteroatoms. The summed E-state index contributed by atoms with van der Waals surface area (Å²) in [5, 5.41) is 10.8. The first kappa shape index (κ1) is 24.6. The average Bonchev–Trinajstić information content (AvgIpc) is 3.39. The van der Waals surface area contributed by atoms with E-state index in [-0.39, 0.29) is 28.5 Å². The van der Waals surface area contributed by atoms with E-state index in [2.05, 4.69) is 15.3 Å². The molecule has 4 rings (SSSR count). The van der Waals surface area contributed by atoms with Crippen molar-refractivity contribution in [2.75, 3.05) is 30.0 Å². The van der Waals surface area contributed by atoms with Crippen molar-refractivity contribution in [2.45, 2.75) is 19.0 Å². The summed E-state index contributed by atoms with van der Waals surface area (Å²) in [6.07, 6.45) is -0.795. The molecular weight excluding hydrogens is 449 g/mol. The normalized spacial score (nSPS) is 13.0. The molecule has 8 nitrogen and oxygen atoms in total. The maximum atomic E-state index is 12.8. The van der Waals surface area contributed by atoms with Crippen LogP contribution in [0.4, 0.5) is 30.5 Å². The van der Waals surface area contributed by atoms with Crippen LogP contribution >= 0.6 is 0 Å². The second-order valence-corrected chi connectivity index (χ2v) is 7.32. The van der Waals surface area contributed by atoms with Crippen LogP contribution in [0.15, 0.2) is 54.9 Å². The molecular formula is C23H23F3N6O2. The molecule has 1 aliphatic rings. The number of ether oxygens (including phenoxy) is 1. The summed E-state index contributed by atoms with van der Waals surface area (Å²) in [6, 6.07) is 10.2. The highest BCUT2D eigenvalue weighted by Gasteiger charge is 2.30. The Balaban J connectivity index is 0.000000574. The molecule has 1 amide bonds. The van der Waals surface area contributed by atoms with Gasteiger partial charge in [0, 0.05) is 30.0 Å². The highest BCUT2D eigenvalue weighted by molar-refractivity contribution is 6.16. The zero-order valence-corrected chi connectivity index (χ0v) is 18.0. The number of benzene rings is 2. The van der Waals surface area contributed by atoms with Gasteiger partial charge in [-0.25, -0.2) is 9.97 Å². The zero-order chi connectivity index (χ0) is 24.7. The SMILES string of the molecule is C1CCOC1.N=C(c1ccc(NC(=O)c2cccc(C(F)(F)F)c2)cc1)c1c(N)ncnc1N. The molecule has 6 N–H and O–H groups in total. The van der Waals surface area contributed by atoms with Gasteiger partial charge in [-0.1, -0.05) is 18.2 Å². The van der Waals surface area contributed by atoms with Gasteiger partial charge in [-0.15, -0.1) is 0 Å². The Bertz CT molecular complexity index is 1130. The summed E-state index contributed by atoms with van der Waals surface area (Å²) in [5.41, 5.74) is 11.4. The van der Waals surface area contributed by atoms with E-state index in [9.17, 15) is 18.0 Å². The fourth-order valence-electron chi connectivity index (χ4n) is 3.08. The molecule has 0 spiro atoms. The first-order valence-electron chi connectivity index (χ1n) is 10.3. The summed E-state index contributed by atoms with van der Waals surface area (Å²) in [5.74, 6) is -0.572. The molecule has 2 heterocycles. The number of hydrogen-bond acceptors (Lipinski definition) is 7. The van der Waals surface area contributed by atoms with Gasteiger partial charge in [0.15, 0.2) is 0 Å². The summed E-state index contributed by atoms with van der Waals surface area (Å²) in [7, 11) is 0. The number of rotatable bonds is 4. The van der Waals surface area contributed by atoms with Crippen LogP contribution in [0.2, 0.25) is 0 Å². The maximum Gasteiger partial charge on any atom is 0.416 e. The Morgan fingerprint density at radius 3 is 2.12 bits per heavy atom. The number of halogens is 3. The molecule has 0 aliphatic carbocycles. The number of aromatic nitrogens is 2. The topological polar surface area (TPSA) is 140 Å². The number of nitrogens with two attached hydrogens (primary N) is 2. The van der Waals surface area contributed by atoms with Crippen LogP contribution in [-0.2, 0) is 10.9 Å². The van der Waals surface area contributed by atoms with E-state index >= 15 is 0 Å². The van der Waals surface area contributed by atoms with Crippen LogP contribution in [0.5, 0.6) is 0 Å². The van der Waals surface area contributed by atoms with Gasteiger partial charge in [0.1, 0.15) is 18.0 Å². The lowest BCUT2D eigenvalue weighted by Gasteiger charge is -2.11. The molecule has 0 saturated carbocycles. The fourth-order valence-corrected chi connectivity index (χ4v) is 3.08. The largest absolute Gasteiger partial charge is 0.416 e. The Morgan fingerprint density at radius 2 is 1.59 bits per heavy atom. The van der Waals surface area contributed by atoms with Crippen molar-refractivity contribution in [3.8, 4) is 0 Å². The Labute approximate surface area is 193 Å². The summed E-state index contributed by atoms with van der Waals surface area (Å²) >= 11 is 0. The molecule has 2 aromatic carbocycles. The van der Waals surface area contributed by atoms with Gasteiger partial charge in [0.25, 0.3) is 5.91 Å². The Kier molecular flexibility index (Phi) is 7.79. The lowest BCUT2D eigenvalue weighted by molar-refractivity contribution is -0.137. The van der Waals surface area contributed by atoms with Crippen molar-refractivity contribution in [1.29, 1.82) is 5.41 Å². The van der Waals surface area contributed by atoms with Crippen LogP contribution < -0.4 is 16.8 Å². The molecule has 178 valence electrons. The lowest BCUT2D eigenvalue weighted by Crippen LogP contribution is -2.14. The van der Waals surface area contributed by atoms with Gasteiger partial charge in [-0.05, 0) is 43.2 Å². The maximum absolute atomic E-state index is 12.8. The van der Waals surface area contributed by atoms with Gasteiger partial charge in [-0.3, -0.25) is 10.2 Å². The minimum Gasteiger partial charge on any atom is -0.383 e. The van der Waals surface area contributed by atoms with E-state index in [1.807, 2.05) is 0 Å². The smallest absolute Gasteiger partial charge is 0.383 e. The Morgan fingerprint density at radius 1 is 0.971 bits per heavy atom. The molecule has 1 aliphatic heterocycles. The van der Waals surface area contributed by atoms with Crippen molar-refractivity contribution in [3.05, 3.63) is 77.1 Å². The standard InChI is InChI=1S/C19H15F3N6O.C4H8O/c20-19(21,22)12-3-1-2-11(8-12)18(29)28-13-6-4-10(5-7-13)15(23)14-16(24)26-9-27-17(14)25;1-2-4-5-3-1/h1-9,23H,(H,28,29)(H4,24,25,26,27);1-4H2. The van der Waals surface area contributed by atoms with Gasteiger partial charge in [-0.2, -0.15) is 13.2 Å². The second kappa shape index (κ2) is 10.8. The van der Waals surface area contributed by atoms with Crippen molar-refractivity contribution in [1.82, 2.24) is 9.97 Å². The molecule has 0 atom stereocenters. The predicted molar refractivity (Wildman–Crippen MR) is 123 cm³/mol. The van der Waals surface area contributed by atoms with Crippen molar-refractivity contribution in [2.24, 2.45) is 0 Å². The minimum atomic E-state index is -4.54. The lowest BCUT2D eigenvalue weighted by atomic mass is 10.0. The van der Waals surface area contributed by atoms with Crippen LogP contribution in [-0.4, -0.2) is 34.8 Å². The number of anilines is 3. The predicted octanol–water partition coefficient (Wildman–Crippen LogP) is 4.13. The second-order valence-electron chi connectivity index (χ2n) is 7.32. The minimum absolute atomic E-state index is 0.00338. The van der Waals surface area contributed by atoms with E-state index < -0.39 is 17.6 Å². The molecule has 0 bridgehead atoms. The summed E-state index contributed by atoms with van der Waals surface area (Å²) in [4.78, 5) is 19.9. The third-order valence-electron chi connectivity index (χ3n) is 4.87. The van der Waals surface area contributed by atoms with Crippen molar-refractivity contribution in [3.63, 3.8) is 0 Å². The van der Waals surface area contributed by atoms with Gasteiger partial charge in [0.05, 0.1) is 16.8 Å². The number of alkyl halides is 3. The number of hydrogen-bond donors (Lipinski definition) is 4. The number of carbonyl (C=O) groups is 1. The Hall–Kier alpha value is -3.99. The average molecular weight is 472 g/mol. The molecule has 0 radical (unpaired) electrons. The third kappa shape index (κ3) is 6.29.